The third kappa shape index (κ3) is 6.42. The summed E-state index contributed by atoms with van der Waals surface area (Å²) < 4.78 is 9.57. The van der Waals surface area contributed by atoms with Crippen molar-refractivity contribution in [1.29, 1.82) is 0 Å². The number of halogens is 3. The Morgan fingerprint density at radius 3 is 2.53 bits per heavy atom. The number of nitrogens with one attached hydrogen (secondary N) is 1. The summed E-state index contributed by atoms with van der Waals surface area (Å²) in [6.45, 7) is 3.72. The first-order chi connectivity index (χ1) is 15.0. The van der Waals surface area contributed by atoms with Gasteiger partial charge in [-0.15, -0.1) is 0 Å². The Bertz CT molecular complexity index is 1020. The van der Waals surface area contributed by atoms with Gasteiger partial charge in [-0.25, -0.2) is 0 Å². The number of amides is 2. The number of hydrogen-bond donors (Lipinski definition) is 1. The molecule has 6 nitrogen and oxygen atoms in total. The average molecular weight is 534 g/mol. The van der Waals surface area contributed by atoms with E-state index in [0.29, 0.717) is 20.7 Å². The molecule has 32 heavy (non-hydrogen) atoms. The van der Waals surface area contributed by atoms with Gasteiger partial charge < -0.3 is 14.5 Å². The molecule has 170 valence electrons. The number of ether oxygens (including phenoxy) is 1. The van der Waals surface area contributed by atoms with Gasteiger partial charge in [-0.05, 0) is 35.9 Å². The summed E-state index contributed by atoms with van der Waals surface area (Å²) >= 11 is 24.4. The Kier molecular flexibility index (Phi) is 8.16. The van der Waals surface area contributed by atoms with Crippen molar-refractivity contribution in [2.75, 3.05) is 0 Å². The zero-order valence-corrected chi connectivity index (χ0v) is 20.9. The van der Waals surface area contributed by atoms with Crippen molar-refractivity contribution in [3.63, 3.8) is 0 Å². The molecule has 1 N–H and O–H groups in total. The minimum absolute atomic E-state index is 0.190. The van der Waals surface area contributed by atoms with E-state index in [4.69, 9.17) is 56.2 Å². The molecule has 0 bridgehead atoms. The molecular formula is C21H19Cl3N2O4S2. The standard InChI is InChI=1S/C21H19Cl3N2O4S2/c1-12(2)17(27)25-19(21(22,23)24)30-14-7-5-13(6-8-14)10-16-18(28)26(20(31)32-16)11-15-4-3-9-29-15/h3-10,12,19H,11H2,1-2H3,(H,25,27)/b16-10-. The molecule has 1 fully saturated rings. The van der Waals surface area contributed by atoms with Crippen molar-refractivity contribution in [3.8, 4) is 5.75 Å². The summed E-state index contributed by atoms with van der Waals surface area (Å²) in [7, 11) is 0. The van der Waals surface area contributed by atoms with Gasteiger partial charge in [-0.2, -0.15) is 0 Å². The van der Waals surface area contributed by atoms with Crippen LogP contribution in [-0.2, 0) is 16.1 Å². The molecule has 2 heterocycles. The molecule has 0 spiro atoms. The first-order valence-electron chi connectivity index (χ1n) is 9.46. The van der Waals surface area contributed by atoms with Gasteiger partial charge in [0.25, 0.3) is 5.91 Å². The van der Waals surface area contributed by atoms with E-state index in [1.54, 1.807) is 62.6 Å². The van der Waals surface area contributed by atoms with Gasteiger partial charge in [0, 0.05) is 5.92 Å². The molecule has 1 atom stereocenters. The topological polar surface area (TPSA) is 71.8 Å². The number of nitrogens with zero attached hydrogens (tertiary/aromatic N) is 1. The fourth-order valence-electron chi connectivity index (χ4n) is 2.60. The fourth-order valence-corrected chi connectivity index (χ4v) is 4.15. The lowest BCUT2D eigenvalue weighted by Crippen LogP contribution is -2.49. The third-order valence-corrected chi connectivity index (χ3v) is 6.27. The highest BCUT2D eigenvalue weighted by Crippen LogP contribution is 2.35. The SMILES string of the molecule is CC(C)C(=O)NC(Oc1ccc(/C=C2\SC(=S)N(Cc3ccco3)C2=O)cc1)C(Cl)(Cl)Cl. The minimum Gasteiger partial charge on any atom is -0.467 e. The number of thioether (sulfide) groups is 1. The smallest absolute Gasteiger partial charge is 0.266 e. The highest BCUT2D eigenvalue weighted by molar-refractivity contribution is 8.26. The number of hydrogen-bond acceptors (Lipinski definition) is 6. The monoisotopic (exact) mass is 532 g/mol. The zero-order chi connectivity index (χ0) is 23.5. The molecule has 1 aromatic carbocycles. The summed E-state index contributed by atoms with van der Waals surface area (Å²) in [6.07, 6.45) is 2.11. The largest absolute Gasteiger partial charge is 0.467 e. The van der Waals surface area contributed by atoms with E-state index in [-0.39, 0.29) is 24.3 Å². The zero-order valence-electron chi connectivity index (χ0n) is 17.0. The number of rotatable bonds is 7. The maximum Gasteiger partial charge on any atom is 0.266 e. The normalized spacial score (nSPS) is 16.7. The van der Waals surface area contributed by atoms with Crippen LogP contribution in [0.15, 0.2) is 52.0 Å². The van der Waals surface area contributed by atoms with E-state index in [9.17, 15) is 9.59 Å². The summed E-state index contributed by atoms with van der Waals surface area (Å²) in [5.41, 5.74) is 0.757. The van der Waals surface area contributed by atoms with Crippen LogP contribution in [0.3, 0.4) is 0 Å². The Morgan fingerprint density at radius 2 is 1.97 bits per heavy atom. The van der Waals surface area contributed by atoms with Crippen molar-refractivity contribution >= 4 is 81.0 Å². The maximum absolute atomic E-state index is 12.7. The molecule has 1 aliphatic heterocycles. The number of thiocarbonyl (C=S) groups is 1. The predicted molar refractivity (Wildman–Crippen MR) is 132 cm³/mol. The van der Waals surface area contributed by atoms with Crippen molar-refractivity contribution in [3.05, 3.63) is 58.9 Å². The van der Waals surface area contributed by atoms with E-state index in [0.717, 1.165) is 5.56 Å². The highest BCUT2D eigenvalue weighted by atomic mass is 35.6. The Morgan fingerprint density at radius 1 is 1.28 bits per heavy atom. The molecule has 1 aromatic heterocycles. The van der Waals surface area contributed by atoms with Crippen LogP contribution in [0.5, 0.6) is 5.75 Å². The highest BCUT2D eigenvalue weighted by Gasteiger charge is 2.36. The van der Waals surface area contributed by atoms with Crippen LogP contribution in [-0.4, -0.2) is 31.1 Å². The van der Waals surface area contributed by atoms with Gasteiger partial charge in [0.1, 0.15) is 15.8 Å². The summed E-state index contributed by atoms with van der Waals surface area (Å²) in [5, 5.41) is 2.57. The van der Waals surface area contributed by atoms with Crippen LogP contribution in [0.2, 0.25) is 0 Å². The van der Waals surface area contributed by atoms with Crippen LogP contribution in [0, 0.1) is 5.92 Å². The number of furan rings is 1. The lowest BCUT2D eigenvalue weighted by molar-refractivity contribution is -0.126. The van der Waals surface area contributed by atoms with Crippen LogP contribution < -0.4 is 10.1 Å². The lowest BCUT2D eigenvalue weighted by Gasteiger charge is -2.27. The van der Waals surface area contributed by atoms with Crippen molar-refractivity contribution in [1.82, 2.24) is 10.2 Å². The van der Waals surface area contributed by atoms with Gasteiger partial charge in [0.05, 0.1) is 17.7 Å². The molecule has 2 amide bonds. The first-order valence-corrected chi connectivity index (χ1v) is 11.8. The second-order valence-corrected chi connectivity index (χ2v) is 11.2. The molecule has 1 saturated heterocycles. The number of carbonyl (C=O) groups excluding carboxylic acids is 2. The second kappa shape index (κ2) is 10.5. The Hall–Kier alpha value is -1.71. The summed E-state index contributed by atoms with van der Waals surface area (Å²) in [4.78, 5) is 26.7. The number of alkyl halides is 3. The molecule has 3 rings (SSSR count). The van der Waals surface area contributed by atoms with Crippen LogP contribution in [0.1, 0.15) is 25.2 Å². The second-order valence-electron chi connectivity index (χ2n) is 7.12. The number of carbonyl (C=O) groups is 2. The van der Waals surface area contributed by atoms with Crippen molar-refractivity contribution < 1.29 is 18.7 Å². The Balaban J connectivity index is 1.69. The van der Waals surface area contributed by atoms with Crippen molar-refractivity contribution in [2.24, 2.45) is 5.92 Å². The summed E-state index contributed by atoms with van der Waals surface area (Å²) in [5.74, 6) is 0.228. The molecule has 1 unspecified atom stereocenters. The maximum atomic E-state index is 12.7. The van der Waals surface area contributed by atoms with Gasteiger partial charge in [0.2, 0.25) is 15.9 Å². The van der Waals surface area contributed by atoms with E-state index < -0.39 is 10.0 Å². The van der Waals surface area contributed by atoms with Crippen molar-refractivity contribution in [2.45, 2.75) is 30.4 Å². The quantitative estimate of drug-likeness (QED) is 0.218. The molecular weight excluding hydrogens is 515 g/mol. The third-order valence-electron chi connectivity index (χ3n) is 4.29. The van der Waals surface area contributed by atoms with Gasteiger partial charge in [-0.1, -0.05) is 84.8 Å². The molecule has 11 heteroatoms. The number of benzene rings is 1. The van der Waals surface area contributed by atoms with E-state index in [1.165, 1.54) is 16.7 Å². The first kappa shape index (κ1) is 24.9. The summed E-state index contributed by atoms with van der Waals surface area (Å²) in [6, 6.07) is 10.3. The van der Waals surface area contributed by atoms with E-state index >= 15 is 0 Å². The Labute approximate surface area is 210 Å². The van der Waals surface area contributed by atoms with E-state index in [2.05, 4.69) is 5.32 Å². The molecule has 2 aromatic rings. The van der Waals surface area contributed by atoms with Crippen LogP contribution >= 0.6 is 58.8 Å². The van der Waals surface area contributed by atoms with E-state index in [1.807, 2.05) is 0 Å². The fraction of sp³-hybridized carbons (Fsp3) is 0.286. The van der Waals surface area contributed by atoms with Gasteiger partial charge >= 0.3 is 0 Å². The predicted octanol–water partition coefficient (Wildman–Crippen LogP) is 5.53. The van der Waals surface area contributed by atoms with Gasteiger partial charge in [-0.3, -0.25) is 14.5 Å². The molecule has 0 saturated carbocycles. The van der Waals surface area contributed by atoms with Crippen LogP contribution in [0.25, 0.3) is 6.08 Å². The average Bonchev–Trinajstić information content (AvgIpc) is 3.32. The molecule has 0 radical (unpaired) electrons. The lowest BCUT2D eigenvalue weighted by atomic mass is 10.2. The minimum atomic E-state index is -1.87. The van der Waals surface area contributed by atoms with Crippen LogP contribution in [0.4, 0.5) is 0 Å². The molecule has 0 aliphatic carbocycles. The van der Waals surface area contributed by atoms with Gasteiger partial charge in [0.15, 0.2) is 0 Å². The molecule has 1 aliphatic rings.